The summed E-state index contributed by atoms with van der Waals surface area (Å²) in [4.78, 5) is 12.0. The Balaban J connectivity index is 2.72. The molecule has 1 atom stereocenters. The van der Waals surface area contributed by atoms with Crippen molar-refractivity contribution in [3.05, 3.63) is 29.3 Å². The van der Waals surface area contributed by atoms with Crippen molar-refractivity contribution < 1.29 is 14.3 Å². The summed E-state index contributed by atoms with van der Waals surface area (Å²) in [6.45, 7) is 9.45. The molecule has 1 rings (SSSR count). The summed E-state index contributed by atoms with van der Waals surface area (Å²) >= 11 is 0. The van der Waals surface area contributed by atoms with E-state index in [2.05, 4.69) is 13.8 Å². The number of carbonyl (C=O) groups excluding carboxylic acids is 1. The molecular weight excluding hydrogens is 312 g/mol. The molecule has 1 aromatic carbocycles. The number of carbonyl (C=O) groups is 1. The van der Waals surface area contributed by atoms with E-state index in [1.807, 2.05) is 25.1 Å². The van der Waals surface area contributed by atoms with Gasteiger partial charge >= 0.3 is 0 Å². The molecule has 0 N–H and O–H groups in total. The molecule has 0 amide bonds. The van der Waals surface area contributed by atoms with Gasteiger partial charge in [0.1, 0.15) is 5.75 Å². The van der Waals surface area contributed by atoms with Crippen molar-refractivity contribution in [2.24, 2.45) is 0 Å². The van der Waals surface area contributed by atoms with E-state index in [9.17, 15) is 4.79 Å². The first kappa shape index (κ1) is 21.7. The van der Waals surface area contributed by atoms with Gasteiger partial charge in [0.25, 0.3) is 0 Å². The molecule has 0 radical (unpaired) electrons. The number of para-hydroxylation sites is 1. The second-order valence-corrected chi connectivity index (χ2v) is 6.76. The standard InChI is InChI=1S/C22H36O3/c1-5-7-9-11-16-24-19(4)21-15-13-14-20(18(3)23)22(21)25-17-12-10-8-6-2/h13-15,19H,5-12,16-17H2,1-4H3/t19-/m0/s1. The van der Waals surface area contributed by atoms with Crippen molar-refractivity contribution >= 4 is 5.78 Å². The Morgan fingerprint density at radius 3 is 2.20 bits per heavy atom. The number of unbranched alkanes of at least 4 members (excludes halogenated alkanes) is 6. The van der Waals surface area contributed by atoms with E-state index in [-0.39, 0.29) is 11.9 Å². The Hall–Kier alpha value is -1.35. The lowest BCUT2D eigenvalue weighted by molar-refractivity contribution is 0.0604. The zero-order valence-corrected chi connectivity index (χ0v) is 16.6. The zero-order valence-electron chi connectivity index (χ0n) is 16.6. The maximum Gasteiger partial charge on any atom is 0.163 e. The molecule has 0 aliphatic rings. The summed E-state index contributed by atoms with van der Waals surface area (Å²) < 4.78 is 12.0. The van der Waals surface area contributed by atoms with E-state index >= 15 is 0 Å². The van der Waals surface area contributed by atoms with E-state index in [1.54, 1.807) is 6.92 Å². The lowest BCUT2D eigenvalue weighted by Crippen LogP contribution is -2.10. The third-order valence-corrected chi connectivity index (χ3v) is 4.47. The average Bonchev–Trinajstić information content (AvgIpc) is 2.61. The molecule has 0 heterocycles. The zero-order chi connectivity index (χ0) is 18.5. The van der Waals surface area contributed by atoms with Gasteiger partial charge in [-0.15, -0.1) is 0 Å². The average molecular weight is 349 g/mol. The van der Waals surface area contributed by atoms with Crippen LogP contribution in [-0.4, -0.2) is 19.0 Å². The quantitative estimate of drug-likeness (QED) is 0.284. The smallest absolute Gasteiger partial charge is 0.163 e. The first-order valence-electron chi connectivity index (χ1n) is 10.00. The fourth-order valence-electron chi connectivity index (χ4n) is 2.90. The second-order valence-electron chi connectivity index (χ2n) is 6.76. The number of hydrogen-bond donors (Lipinski definition) is 0. The minimum atomic E-state index is -0.0634. The van der Waals surface area contributed by atoms with Crippen molar-refractivity contribution in [2.75, 3.05) is 13.2 Å². The van der Waals surface area contributed by atoms with Crippen molar-refractivity contribution in [3.8, 4) is 5.75 Å². The number of rotatable bonds is 14. The lowest BCUT2D eigenvalue weighted by Gasteiger charge is -2.20. The van der Waals surface area contributed by atoms with E-state index < -0.39 is 0 Å². The molecule has 0 unspecified atom stereocenters. The van der Waals surface area contributed by atoms with Gasteiger partial charge < -0.3 is 9.47 Å². The number of Topliss-reactive ketones (excluding diaryl/α,β-unsaturated/α-hetero) is 1. The van der Waals surface area contributed by atoms with Crippen molar-refractivity contribution in [1.29, 1.82) is 0 Å². The molecule has 0 bridgehead atoms. The molecule has 0 fully saturated rings. The number of ether oxygens (including phenoxy) is 2. The van der Waals surface area contributed by atoms with Crippen LogP contribution in [0.15, 0.2) is 18.2 Å². The molecular formula is C22H36O3. The van der Waals surface area contributed by atoms with Crippen molar-refractivity contribution in [1.82, 2.24) is 0 Å². The van der Waals surface area contributed by atoms with Gasteiger partial charge in [-0.05, 0) is 32.8 Å². The maximum absolute atomic E-state index is 12.0. The maximum atomic E-state index is 12.0. The van der Waals surface area contributed by atoms with Crippen LogP contribution < -0.4 is 4.74 Å². The molecule has 0 saturated heterocycles. The normalized spacial score (nSPS) is 12.2. The van der Waals surface area contributed by atoms with Gasteiger partial charge in [0.2, 0.25) is 0 Å². The van der Waals surface area contributed by atoms with Gasteiger partial charge in [0, 0.05) is 12.2 Å². The van der Waals surface area contributed by atoms with E-state index in [1.165, 1.54) is 32.1 Å². The topological polar surface area (TPSA) is 35.5 Å². The van der Waals surface area contributed by atoms with Gasteiger partial charge in [-0.3, -0.25) is 4.79 Å². The highest BCUT2D eigenvalue weighted by Crippen LogP contribution is 2.32. The Morgan fingerprint density at radius 2 is 1.60 bits per heavy atom. The highest BCUT2D eigenvalue weighted by molar-refractivity contribution is 5.97. The number of hydrogen-bond acceptors (Lipinski definition) is 3. The third-order valence-electron chi connectivity index (χ3n) is 4.47. The molecule has 0 aliphatic carbocycles. The highest BCUT2D eigenvalue weighted by atomic mass is 16.5. The Bertz CT molecular complexity index is 496. The number of benzene rings is 1. The minimum Gasteiger partial charge on any atom is -0.492 e. The van der Waals surface area contributed by atoms with Crippen LogP contribution in [0.5, 0.6) is 5.75 Å². The summed E-state index contributed by atoms with van der Waals surface area (Å²) in [5.74, 6) is 0.758. The molecule has 0 saturated carbocycles. The highest BCUT2D eigenvalue weighted by Gasteiger charge is 2.18. The minimum absolute atomic E-state index is 0.0422. The molecule has 1 aromatic rings. The fourth-order valence-corrected chi connectivity index (χ4v) is 2.90. The summed E-state index contributed by atoms with van der Waals surface area (Å²) in [5, 5.41) is 0. The van der Waals surface area contributed by atoms with Gasteiger partial charge in [-0.2, -0.15) is 0 Å². The monoisotopic (exact) mass is 348 g/mol. The van der Waals surface area contributed by atoms with Crippen LogP contribution in [0.25, 0.3) is 0 Å². The van der Waals surface area contributed by atoms with Gasteiger partial charge in [-0.1, -0.05) is 64.5 Å². The van der Waals surface area contributed by atoms with Gasteiger partial charge in [0.15, 0.2) is 5.78 Å². The molecule has 0 spiro atoms. The van der Waals surface area contributed by atoms with E-state index in [0.717, 1.165) is 31.4 Å². The first-order valence-corrected chi connectivity index (χ1v) is 10.00. The first-order chi connectivity index (χ1) is 12.1. The summed E-state index contributed by atoms with van der Waals surface area (Å²) in [6.07, 6.45) is 9.32. The number of ketones is 1. The second kappa shape index (κ2) is 12.9. The largest absolute Gasteiger partial charge is 0.492 e. The van der Waals surface area contributed by atoms with E-state index in [4.69, 9.17) is 9.47 Å². The molecule has 3 heteroatoms. The molecule has 3 nitrogen and oxygen atoms in total. The molecule has 142 valence electrons. The molecule has 25 heavy (non-hydrogen) atoms. The van der Waals surface area contributed by atoms with Gasteiger partial charge in [-0.25, -0.2) is 0 Å². The van der Waals surface area contributed by atoms with Gasteiger partial charge in [0.05, 0.1) is 18.3 Å². The fraction of sp³-hybridized carbons (Fsp3) is 0.682. The van der Waals surface area contributed by atoms with Crippen LogP contribution in [0.3, 0.4) is 0 Å². The lowest BCUT2D eigenvalue weighted by atomic mass is 10.0. The Labute approximate surface area is 154 Å². The summed E-state index contributed by atoms with van der Waals surface area (Å²) in [6, 6.07) is 5.79. The molecule has 0 aromatic heterocycles. The summed E-state index contributed by atoms with van der Waals surface area (Å²) in [7, 11) is 0. The van der Waals surface area contributed by atoms with Crippen LogP contribution in [0.4, 0.5) is 0 Å². The van der Waals surface area contributed by atoms with E-state index in [0.29, 0.717) is 17.9 Å². The predicted molar refractivity (Wildman–Crippen MR) is 105 cm³/mol. The summed E-state index contributed by atoms with van der Waals surface area (Å²) in [5.41, 5.74) is 1.65. The third kappa shape index (κ3) is 8.04. The Kier molecular flexibility index (Phi) is 11.2. The van der Waals surface area contributed by atoms with Crippen LogP contribution >= 0.6 is 0 Å². The SMILES string of the molecule is CCCCCCOc1c(C(C)=O)cccc1[C@H](C)OCCCCCC. The Morgan fingerprint density at radius 1 is 0.960 bits per heavy atom. The van der Waals surface area contributed by atoms with Crippen molar-refractivity contribution in [2.45, 2.75) is 85.2 Å². The predicted octanol–water partition coefficient (Wildman–Crippen LogP) is 6.51. The van der Waals surface area contributed by atoms with Crippen molar-refractivity contribution in [3.63, 3.8) is 0 Å². The van der Waals surface area contributed by atoms with Crippen LogP contribution in [0.1, 0.15) is 101 Å². The van der Waals surface area contributed by atoms with Crippen LogP contribution in [0, 0.1) is 0 Å². The molecule has 0 aliphatic heterocycles. The van der Waals surface area contributed by atoms with Crippen LogP contribution in [0.2, 0.25) is 0 Å². The van der Waals surface area contributed by atoms with Crippen LogP contribution in [-0.2, 0) is 4.74 Å².